The summed E-state index contributed by atoms with van der Waals surface area (Å²) in [6.45, 7) is 2.02. The Kier molecular flexibility index (Phi) is 10.2. The highest BCUT2D eigenvalue weighted by Crippen LogP contribution is 2.02. The van der Waals surface area contributed by atoms with Crippen LogP contribution >= 0.6 is 0 Å². The summed E-state index contributed by atoms with van der Waals surface area (Å²) in [5, 5.41) is 23.0. The first-order valence-corrected chi connectivity index (χ1v) is 7.07. The number of nitrogens with one attached hydrogen (secondary N) is 2. The number of aliphatic hydroxyl groups is 1. The lowest BCUT2D eigenvalue weighted by Gasteiger charge is -2.19. The zero-order chi connectivity index (χ0) is 16.3. The van der Waals surface area contributed by atoms with Gasteiger partial charge in [0.25, 0.3) is 0 Å². The molecule has 122 valence electrons. The van der Waals surface area contributed by atoms with Crippen molar-refractivity contribution in [3.05, 3.63) is 0 Å². The van der Waals surface area contributed by atoms with Crippen LogP contribution in [0.2, 0.25) is 0 Å². The summed E-state index contributed by atoms with van der Waals surface area (Å²) < 4.78 is 0. The van der Waals surface area contributed by atoms with E-state index in [9.17, 15) is 19.5 Å². The fourth-order valence-electron chi connectivity index (χ4n) is 1.67. The summed E-state index contributed by atoms with van der Waals surface area (Å²) in [5.74, 6) is -1.82. The summed E-state index contributed by atoms with van der Waals surface area (Å²) in [5.41, 5.74) is 5.39. The minimum absolute atomic E-state index is 0.166. The van der Waals surface area contributed by atoms with E-state index in [1.54, 1.807) is 6.92 Å². The number of carboxylic acids is 1. The number of nitrogens with two attached hydrogens (primary N) is 1. The third-order valence-corrected chi connectivity index (χ3v) is 2.84. The van der Waals surface area contributed by atoms with Crippen LogP contribution in [-0.2, 0) is 14.4 Å². The van der Waals surface area contributed by atoms with Crippen LogP contribution < -0.4 is 16.4 Å². The van der Waals surface area contributed by atoms with E-state index in [1.807, 2.05) is 0 Å². The monoisotopic (exact) mass is 303 g/mol. The number of hydrogen-bond acceptors (Lipinski definition) is 5. The SMILES string of the molecule is CCC(=O)N[C@@H](CCCCN)C(=O)NC[C@@H](O)CC(=O)O. The summed E-state index contributed by atoms with van der Waals surface area (Å²) in [7, 11) is 0. The van der Waals surface area contributed by atoms with Crippen LogP contribution in [0.3, 0.4) is 0 Å². The highest BCUT2D eigenvalue weighted by Gasteiger charge is 2.20. The molecule has 0 aliphatic heterocycles. The Morgan fingerprint density at radius 1 is 1.24 bits per heavy atom. The lowest BCUT2D eigenvalue weighted by atomic mass is 10.1. The molecule has 21 heavy (non-hydrogen) atoms. The molecule has 0 radical (unpaired) electrons. The van der Waals surface area contributed by atoms with E-state index < -0.39 is 30.4 Å². The summed E-state index contributed by atoms with van der Waals surface area (Å²) in [6.07, 6.45) is 0.549. The normalized spacial score (nSPS) is 13.3. The molecule has 2 atom stereocenters. The van der Waals surface area contributed by atoms with Gasteiger partial charge in [0.15, 0.2) is 0 Å². The average molecular weight is 303 g/mol. The van der Waals surface area contributed by atoms with Gasteiger partial charge in [-0.25, -0.2) is 0 Å². The first-order chi connectivity index (χ1) is 9.90. The van der Waals surface area contributed by atoms with Gasteiger partial charge in [-0.05, 0) is 25.8 Å². The summed E-state index contributed by atoms with van der Waals surface area (Å²) in [6, 6.07) is -0.693. The molecule has 0 heterocycles. The van der Waals surface area contributed by atoms with E-state index in [2.05, 4.69) is 10.6 Å². The van der Waals surface area contributed by atoms with Crippen molar-refractivity contribution in [2.24, 2.45) is 5.73 Å². The van der Waals surface area contributed by atoms with E-state index in [0.29, 0.717) is 19.4 Å². The van der Waals surface area contributed by atoms with Crippen LogP contribution in [0.5, 0.6) is 0 Å². The highest BCUT2D eigenvalue weighted by molar-refractivity contribution is 5.87. The number of aliphatic hydroxyl groups excluding tert-OH is 1. The second-order valence-electron chi connectivity index (χ2n) is 4.75. The molecule has 0 aromatic rings. The maximum atomic E-state index is 12.0. The first kappa shape index (κ1) is 19.3. The van der Waals surface area contributed by atoms with E-state index in [0.717, 1.165) is 6.42 Å². The van der Waals surface area contributed by atoms with Crippen LogP contribution in [0, 0.1) is 0 Å². The molecular weight excluding hydrogens is 278 g/mol. The van der Waals surface area contributed by atoms with Crippen molar-refractivity contribution in [1.29, 1.82) is 0 Å². The van der Waals surface area contributed by atoms with Gasteiger partial charge in [0.1, 0.15) is 6.04 Å². The molecule has 0 aliphatic rings. The molecule has 0 saturated carbocycles. The van der Waals surface area contributed by atoms with Crippen LogP contribution in [0.4, 0.5) is 0 Å². The Balaban J connectivity index is 4.34. The number of amides is 2. The number of rotatable bonds is 11. The van der Waals surface area contributed by atoms with Crippen molar-refractivity contribution in [2.45, 2.75) is 51.2 Å². The second-order valence-corrected chi connectivity index (χ2v) is 4.75. The predicted octanol–water partition coefficient (Wildman–Crippen LogP) is -1.04. The second kappa shape index (κ2) is 11.0. The Labute approximate surface area is 124 Å². The predicted molar refractivity (Wildman–Crippen MR) is 76.4 cm³/mol. The molecule has 0 fully saturated rings. The minimum atomic E-state index is -1.15. The Bertz CT molecular complexity index is 349. The van der Waals surface area contributed by atoms with E-state index in [-0.39, 0.29) is 18.9 Å². The number of carbonyl (C=O) groups excluding carboxylic acids is 2. The first-order valence-electron chi connectivity index (χ1n) is 7.07. The zero-order valence-corrected chi connectivity index (χ0v) is 12.3. The number of hydrogen-bond donors (Lipinski definition) is 5. The maximum Gasteiger partial charge on any atom is 0.306 e. The standard InChI is InChI=1S/C13H25N3O5/c1-2-11(18)16-10(5-3-4-6-14)13(21)15-8-9(17)7-12(19)20/h9-10,17H,2-8,14H2,1H3,(H,15,21)(H,16,18)(H,19,20)/t9-,10-/m0/s1. The van der Waals surface area contributed by atoms with Gasteiger partial charge >= 0.3 is 5.97 Å². The van der Waals surface area contributed by atoms with Gasteiger partial charge in [-0.15, -0.1) is 0 Å². The molecule has 6 N–H and O–H groups in total. The van der Waals surface area contributed by atoms with Gasteiger partial charge in [0.2, 0.25) is 11.8 Å². The van der Waals surface area contributed by atoms with Crippen molar-refractivity contribution in [3.63, 3.8) is 0 Å². The number of aliphatic carboxylic acids is 1. The molecule has 0 aromatic carbocycles. The molecule has 0 saturated heterocycles. The van der Waals surface area contributed by atoms with Crippen molar-refractivity contribution in [1.82, 2.24) is 10.6 Å². The van der Waals surface area contributed by atoms with Crippen molar-refractivity contribution >= 4 is 17.8 Å². The number of carbonyl (C=O) groups is 3. The van der Waals surface area contributed by atoms with Crippen LogP contribution in [-0.4, -0.2) is 53.2 Å². The van der Waals surface area contributed by atoms with Gasteiger partial charge < -0.3 is 26.6 Å². The fourth-order valence-corrected chi connectivity index (χ4v) is 1.67. The average Bonchev–Trinajstić information content (AvgIpc) is 2.42. The summed E-state index contributed by atoms with van der Waals surface area (Å²) >= 11 is 0. The van der Waals surface area contributed by atoms with E-state index in [1.165, 1.54) is 0 Å². The zero-order valence-electron chi connectivity index (χ0n) is 12.3. The van der Waals surface area contributed by atoms with Gasteiger partial charge in [-0.1, -0.05) is 6.92 Å². The van der Waals surface area contributed by atoms with Crippen molar-refractivity contribution in [3.8, 4) is 0 Å². The number of carboxylic acid groups (broad SMARTS) is 1. The van der Waals surface area contributed by atoms with Crippen molar-refractivity contribution in [2.75, 3.05) is 13.1 Å². The molecular formula is C13H25N3O5. The molecule has 2 amide bonds. The molecule has 8 nitrogen and oxygen atoms in total. The third-order valence-electron chi connectivity index (χ3n) is 2.84. The number of unbranched alkanes of at least 4 members (excludes halogenated alkanes) is 1. The molecule has 0 bridgehead atoms. The highest BCUT2D eigenvalue weighted by atomic mass is 16.4. The van der Waals surface area contributed by atoms with Gasteiger partial charge in [-0.2, -0.15) is 0 Å². The van der Waals surface area contributed by atoms with Crippen LogP contribution in [0.1, 0.15) is 39.0 Å². The van der Waals surface area contributed by atoms with Gasteiger partial charge in [0.05, 0.1) is 12.5 Å². The molecule has 0 aliphatic carbocycles. The van der Waals surface area contributed by atoms with E-state index in [4.69, 9.17) is 10.8 Å². The van der Waals surface area contributed by atoms with Crippen LogP contribution in [0.25, 0.3) is 0 Å². The Hall–Kier alpha value is -1.67. The largest absolute Gasteiger partial charge is 0.481 e. The topological polar surface area (TPSA) is 142 Å². The molecule has 0 aromatic heterocycles. The lowest BCUT2D eigenvalue weighted by Crippen LogP contribution is -2.48. The van der Waals surface area contributed by atoms with Gasteiger partial charge in [0, 0.05) is 13.0 Å². The Morgan fingerprint density at radius 2 is 1.90 bits per heavy atom. The maximum absolute atomic E-state index is 12.0. The molecule has 0 unspecified atom stereocenters. The fraction of sp³-hybridized carbons (Fsp3) is 0.769. The molecule has 0 rings (SSSR count). The molecule has 0 spiro atoms. The Morgan fingerprint density at radius 3 is 2.43 bits per heavy atom. The summed E-state index contributed by atoms with van der Waals surface area (Å²) in [4.78, 5) is 33.8. The van der Waals surface area contributed by atoms with E-state index >= 15 is 0 Å². The minimum Gasteiger partial charge on any atom is -0.481 e. The lowest BCUT2D eigenvalue weighted by molar-refractivity contribution is -0.139. The smallest absolute Gasteiger partial charge is 0.306 e. The van der Waals surface area contributed by atoms with Crippen LogP contribution in [0.15, 0.2) is 0 Å². The van der Waals surface area contributed by atoms with Gasteiger partial charge in [-0.3, -0.25) is 14.4 Å². The van der Waals surface area contributed by atoms with Crippen molar-refractivity contribution < 1.29 is 24.6 Å². The third kappa shape index (κ3) is 9.80. The molecule has 8 heteroatoms. The quantitative estimate of drug-likeness (QED) is 0.309.